The van der Waals surface area contributed by atoms with Crippen molar-refractivity contribution in [3.63, 3.8) is 0 Å². The van der Waals surface area contributed by atoms with Gasteiger partial charge in [0.2, 0.25) is 0 Å². The summed E-state index contributed by atoms with van der Waals surface area (Å²) < 4.78 is 0. The van der Waals surface area contributed by atoms with Crippen molar-refractivity contribution in [2.45, 2.75) is 18.4 Å². The van der Waals surface area contributed by atoms with E-state index in [1.165, 1.54) is 11.1 Å². The lowest BCUT2D eigenvalue weighted by molar-refractivity contribution is -0.114. The molecule has 0 fully saturated rings. The van der Waals surface area contributed by atoms with Gasteiger partial charge in [-0.1, -0.05) is 54.6 Å². The van der Waals surface area contributed by atoms with Crippen molar-refractivity contribution < 1.29 is 4.79 Å². The van der Waals surface area contributed by atoms with E-state index in [1.807, 2.05) is 23.1 Å². The number of hydrogen-bond donors (Lipinski definition) is 0. The summed E-state index contributed by atoms with van der Waals surface area (Å²) in [5.74, 6) is 0.471. The van der Waals surface area contributed by atoms with Gasteiger partial charge >= 0.3 is 0 Å². The van der Waals surface area contributed by atoms with E-state index >= 15 is 0 Å². The third-order valence-corrected chi connectivity index (χ3v) is 4.28. The van der Waals surface area contributed by atoms with Gasteiger partial charge in [-0.2, -0.15) is 0 Å². The van der Waals surface area contributed by atoms with Crippen molar-refractivity contribution in [1.29, 1.82) is 0 Å². The van der Waals surface area contributed by atoms with Crippen LogP contribution < -0.4 is 4.90 Å². The number of para-hydroxylation sites is 1. The second kappa shape index (κ2) is 4.34. The van der Waals surface area contributed by atoms with Crippen LogP contribution in [0.4, 0.5) is 5.69 Å². The third kappa shape index (κ3) is 1.61. The maximum absolute atomic E-state index is 12.1. The highest BCUT2D eigenvalue weighted by molar-refractivity contribution is 6.06. The largest absolute Gasteiger partial charge is 0.302 e. The van der Waals surface area contributed by atoms with Crippen LogP contribution in [0, 0.1) is 0 Å². The molecule has 98 valence electrons. The Bertz CT molecular complexity index is 690. The van der Waals surface area contributed by atoms with Crippen LogP contribution in [0.15, 0.2) is 66.7 Å². The Morgan fingerprint density at radius 1 is 0.950 bits per heavy atom. The minimum atomic E-state index is 0.106. The van der Waals surface area contributed by atoms with Crippen LogP contribution in [0.1, 0.15) is 23.5 Å². The number of carbonyl (C=O) groups is 1. The zero-order valence-electron chi connectivity index (χ0n) is 11.1. The van der Waals surface area contributed by atoms with Crippen LogP contribution in [0.25, 0.3) is 0 Å². The summed E-state index contributed by atoms with van der Waals surface area (Å²) in [6.45, 7) is 0. The molecule has 2 nitrogen and oxygen atoms in total. The van der Waals surface area contributed by atoms with Crippen molar-refractivity contribution in [2.24, 2.45) is 0 Å². The van der Waals surface area contributed by atoms with Gasteiger partial charge < -0.3 is 4.90 Å². The summed E-state index contributed by atoms with van der Waals surface area (Å²) in [6.07, 6.45) is 4.70. The minimum Gasteiger partial charge on any atom is -0.302 e. The van der Waals surface area contributed by atoms with E-state index in [0.29, 0.717) is 5.92 Å². The van der Waals surface area contributed by atoms with Crippen molar-refractivity contribution in [3.8, 4) is 0 Å². The van der Waals surface area contributed by atoms with Gasteiger partial charge in [-0.15, -0.1) is 0 Å². The molecule has 2 aliphatic heterocycles. The van der Waals surface area contributed by atoms with E-state index < -0.39 is 0 Å². The Morgan fingerprint density at radius 2 is 1.70 bits per heavy atom. The average Bonchev–Trinajstić information content (AvgIpc) is 2.89. The summed E-state index contributed by atoms with van der Waals surface area (Å²) in [5, 5.41) is 0. The molecule has 0 radical (unpaired) electrons. The van der Waals surface area contributed by atoms with Gasteiger partial charge in [-0.05, 0) is 23.6 Å². The molecule has 2 heteroatoms. The topological polar surface area (TPSA) is 20.3 Å². The molecular weight excluding hydrogens is 246 g/mol. The van der Waals surface area contributed by atoms with Crippen LogP contribution in [-0.4, -0.2) is 11.9 Å². The van der Waals surface area contributed by atoms with E-state index in [4.69, 9.17) is 0 Å². The summed E-state index contributed by atoms with van der Waals surface area (Å²) >= 11 is 0. The van der Waals surface area contributed by atoms with Gasteiger partial charge in [0, 0.05) is 17.7 Å². The SMILES string of the molecule is O=C1C=C[C@@H]2C[C@@H](c3ccccc3)c3ccccc3N12. The van der Waals surface area contributed by atoms with E-state index in [2.05, 4.69) is 42.5 Å². The first-order valence-electron chi connectivity index (χ1n) is 7.00. The summed E-state index contributed by atoms with van der Waals surface area (Å²) in [4.78, 5) is 14.0. The molecule has 0 aliphatic carbocycles. The van der Waals surface area contributed by atoms with Gasteiger partial charge in [0.05, 0.1) is 6.04 Å². The second-order valence-corrected chi connectivity index (χ2v) is 5.39. The lowest BCUT2D eigenvalue weighted by Crippen LogP contribution is -2.39. The summed E-state index contributed by atoms with van der Waals surface area (Å²) in [7, 11) is 0. The number of amides is 1. The molecular formula is C18H15NO. The molecule has 2 heterocycles. The molecule has 4 rings (SSSR count). The molecule has 0 N–H and O–H groups in total. The van der Waals surface area contributed by atoms with Crippen LogP contribution in [0.2, 0.25) is 0 Å². The first-order valence-corrected chi connectivity index (χ1v) is 7.00. The van der Waals surface area contributed by atoms with Crippen molar-refractivity contribution in [1.82, 2.24) is 0 Å². The van der Waals surface area contributed by atoms with E-state index in [9.17, 15) is 4.79 Å². The molecule has 20 heavy (non-hydrogen) atoms. The normalized spacial score (nSPS) is 23.6. The number of anilines is 1. The first kappa shape index (κ1) is 11.5. The summed E-state index contributed by atoms with van der Waals surface area (Å²) in [6, 6.07) is 19.0. The van der Waals surface area contributed by atoms with Gasteiger partial charge in [0.15, 0.2) is 0 Å². The fourth-order valence-electron chi connectivity index (χ4n) is 3.38. The molecule has 2 atom stereocenters. The molecule has 0 unspecified atom stereocenters. The highest BCUT2D eigenvalue weighted by Crippen LogP contribution is 2.43. The van der Waals surface area contributed by atoms with Gasteiger partial charge in [0.1, 0.15) is 0 Å². The Balaban J connectivity index is 1.87. The molecule has 2 aromatic rings. The number of hydrogen-bond acceptors (Lipinski definition) is 1. The molecule has 0 spiro atoms. The highest BCUT2D eigenvalue weighted by Gasteiger charge is 2.37. The molecule has 2 aromatic carbocycles. The molecule has 0 saturated carbocycles. The number of fused-ring (bicyclic) bond motifs is 3. The van der Waals surface area contributed by atoms with Gasteiger partial charge in [-0.25, -0.2) is 0 Å². The Morgan fingerprint density at radius 3 is 2.55 bits per heavy atom. The Labute approximate surface area is 118 Å². The minimum absolute atomic E-state index is 0.106. The Hall–Kier alpha value is -2.35. The summed E-state index contributed by atoms with van der Waals surface area (Å²) in [5.41, 5.74) is 3.65. The quantitative estimate of drug-likeness (QED) is 0.769. The maximum atomic E-state index is 12.1. The zero-order chi connectivity index (χ0) is 13.5. The smallest absolute Gasteiger partial charge is 0.251 e. The molecule has 0 aromatic heterocycles. The zero-order valence-corrected chi connectivity index (χ0v) is 11.1. The van der Waals surface area contributed by atoms with Crippen LogP contribution >= 0.6 is 0 Å². The Kier molecular flexibility index (Phi) is 2.49. The van der Waals surface area contributed by atoms with Crippen molar-refractivity contribution in [2.75, 3.05) is 4.90 Å². The lowest BCUT2D eigenvalue weighted by Gasteiger charge is -2.37. The van der Waals surface area contributed by atoms with Crippen molar-refractivity contribution in [3.05, 3.63) is 77.9 Å². The van der Waals surface area contributed by atoms with E-state index in [0.717, 1.165) is 12.1 Å². The molecule has 1 amide bonds. The predicted octanol–water partition coefficient (Wildman–Crippen LogP) is 3.49. The average molecular weight is 261 g/mol. The van der Waals surface area contributed by atoms with Crippen LogP contribution in [0.5, 0.6) is 0 Å². The number of nitrogens with zero attached hydrogens (tertiary/aromatic N) is 1. The molecule has 0 bridgehead atoms. The van der Waals surface area contributed by atoms with Gasteiger partial charge in [-0.3, -0.25) is 4.79 Å². The monoisotopic (exact) mass is 261 g/mol. The first-order chi connectivity index (χ1) is 9.84. The predicted molar refractivity (Wildman–Crippen MR) is 79.8 cm³/mol. The standard InChI is InChI=1S/C18H15NO/c20-18-11-10-14-12-16(13-6-2-1-3-7-13)15-8-4-5-9-17(15)19(14)18/h1-11,14,16H,12H2/t14-,16+/m1/s1. The maximum Gasteiger partial charge on any atom is 0.251 e. The fourth-order valence-corrected chi connectivity index (χ4v) is 3.38. The van der Waals surface area contributed by atoms with E-state index in [-0.39, 0.29) is 11.9 Å². The van der Waals surface area contributed by atoms with E-state index in [1.54, 1.807) is 6.08 Å². The highest BCUT2D eigenvalue weighted by atomic mass is 16.2. The van der Waals surface area contributed by atoms with Crippen molar-refractivity contribution >= 4 is 11.6 Å². The van der Waals surface area contributed by atoms with Gasteiger partial charge in [0.25, 0.3) is 5.91 Å². The number of rotatable bonds is 1. The fraction of sp³-hybridized carbons (Fsp3) is 0.167. The molecule has 0 saturated heterocycles. The van der Waals surface area contributed by atoms with Crippen LogP contribution in [0.3, 0.4) is 0 Å². The second-order valence-electron chi connectivity index (χ2n) is 5.39. The lowest BCUT2D eigenvalue weighted by atomic mass is 9.81. The number of benzene rings is 2. The van der Waals surface area contributed by atoms with Crippen LogP contribution in [-0.2, 0) is 4.79 Å². The number of carbonyl (C=O) groups excluding carboxylic acids is 1. The third-order valence-electron chi connectivity index (χ3n) is 4.28. The molecule has 2 aliphatic rings.